The third-order valence-electron chi connectivity index (χ3n) is 5.53. The number of hydrogen-bond donors (Lipinski definition) is 3. The van der Waals surface area contributed by atoms with E-state index in [9.17, 15) is 14.7 Å². The van der Waals surface area contributed by atoms with Gasteiger partial charge >= 0.3 is 6.03 Å². The lowest BCUT2D eigenvalue weighted by Crippen LogP contribution is -2.42. The molecule has 0 aliphatic carbocycles. The van der Waals surface area contributed by atoms with Crippen molar-refractivity contribution in [3.8, 4) is 0 Å². The summed E-state index contributed by atoms with van der Waals surface area (Å²) in [4.78, 5) is 30.8. The van der Waals surface area contributed by atoms with Crippen LogP contribution >= 0.6 is 0 Å². The molecular formula is C24H31N7O3. The third kappa shape index (κ3) is 5.96. The molecular weight excluding hydrogens is 434 g/mol. The average Bonchev–Trinajstić information content (AvgIpc) is 3.33. The summed E-state index contributed by atoms with van der Waals surface area (Å²) in [7, 11) is 0. The monoisotopic (exact) mass is 465 g/mol. The number of fused-ring (bicyclic) bond motifs is 1. The Hall–Kier alpha value is -3.79. The molecule has 1 atom stereocenters. The lowest BCUT2D eigenvalue weighted by Gasteiger charge is -2.28. The average molecular weight is 466 g/mol. The Balaban J connectivity index is 1.62. The fraction of sp³-hybridized carbons (Fsp3) is 0.375. The maximum Gasteiger partial charge on any atom is 0.317 e. The second kappa shape index (κ2) is 11.4. The minimum atomic E-state index is -0.371. The molecule has 2 aromatic rings. The van der Waals surface area contributed by atoms with Crippen molar-refractivity contribution in [3.63, 3.8) is 0 Å². The molecule has 0 radical (unpaired) electrons. The molecule has 0 bridgehead atoms. The maximum absolute atomic E-state index is 12.7. The van der Waals surface area contributed by atoms with Crippen molar-refractivity contribution in [3.05, 3.63) is 71.7 Å². The van der Waals surface area contributed by atoms with E-state index in [2.05, 4.69) is 32.4 Å². The molecule has 180 valence electrons. The normalized spacial score (nSPS) is 14.6. The van der Waals surface area contributed by atoms with Crippen LogP contribution in [0.2, 0.25) is 0 Å². The Kier molecular flexibility index (Phi) is 8.31. The van der Waals surface area contributed by atoms with Crippen LogP contribution < -0.4 is 10.6 Å². The molecule has 1 unspecified atom stereocenters. The van der Waals surface area contributed by atoms with Gasteiger partial charge in [0.2, 0.25) is 0 Å². The van der Waals surface area contributed by atoms with Crippen molar-refractivity contribution in [1.29, 1.82) is 0 Å². The second-order valence-corrected chi connectivity index (χ2v) is 8.13. The molecule has 3 amide bonds. The van der Waals surface area contributed by atoms with Crippen LogP contribution in [0.1, 0.15) is 54.3 Å². The fourth-order valence-corrected chi connectivity index (χ4v) is 3.57. The van der Waals surface area contributed by atoms with E-state index in [1.54, 1.807) is 40.2 Å². The molecule has 0 fully saturated rings. The van der Waals surface area contributed by atoms with E-state index >= 15 is 0 Å². The number of nitrogens with one attached hydrogen (secondary N) is 2. The zero-order valence-corrected chi connectivity index (χ0v) is 19.8. The van der Waals surface area contributed by atoms with Crippen LogP contribution in [0.4, 0.5) is 4.79 Å². The number of aliphatic hydroxyl groups is 1. The van der Waals surface area contributed by atoms with Crippen molar-refractivity contribution in [2.75, 3.05) is 19.7 Å². The Morgan fingerprint density at radius 2 is 2.15 bits per heavy atom. The zero-order chi connectivity index (χ0) is 24.7. The van der Waals surface area contributed by atoms with Gasteiger partial charge in [0, 0.05) is 31.5 Å². The van der Waals surface area contributed by atoms with Crippen LogP contribution in [-0.2, 0) is 13.0 Å². The number of rotatable bonds is 8. The summed E-state index contributed by atoms with van der Waals surface area (Å²) in [5.41, 5.74) is 3.48. The molecule has 0 spiro atoms. The first kappa shape index (κ1) is 24.8. The van der Waals surface area contributed by atoms with Crippen LogP contribution in [0.3, 0.4) is 0 Å². The number of nitrogens with zero attached hydrogens (tertiary/aromatic N) is 5. The number of aliphatic hydroxyl groups excluding tert-OH is 1. The number of carbonyl (C=O) groups is 2. The van der Waals surface area contributed by atoms with Gasteiger partial charge in [0.25, 0.3) is 5.91 Å². The highest BCUT2D eigenvalue weighted by molar-refractivity contribution is 5.94. The number of amides is 3. The molecule has 10 heteroatoms. The zero-order valence-electron chi connectivity index (χ0n) is 19.8. The number of carbonyl (C=O) groups excluding carboxylic acids is 2. The Morgan fingerprint density at radius 3 is 2.88 bits per heavy atom. The molecule has 0 aromatic carbocycles. The lowest BCUT2D eigenvalue weighted by atomic mass is 10.0. The molecule has 34 heavy (non-hydrogen) atoms. The molecule has 3 rings (SSSR count). The highest BCUT2D eigenvalue weighted by Gasteiger charge is 2.22. The number of allylic oxidation sites excluding steroid dienone is 4. The van der Waals surface area contributed by atoms with Gasteiger partial charge in [0.1, 0.15) is 12.0 Å². The molecule has 2 aromatic heterocycles. The standard InChI is InChI=1S/C24H31N7O3/c1-5-25-24(34)30-10-9-19-12-26-21(11-20(19)13-30)23(33)28-17(3)8-6-7-16(2)22-29-27-15-31(22)18(4)14-32/h6-8,11-12,15,18,32H,3,5,9-10,13-14H2,1-2,4H3,(H,25,34)(H,28,33)/b8-6-,16-7+. The quantitative estimate of drug-likeness (QED) is 0.514. The predicted molar refractivity (Wildman–Crippen MR) is 129 cm³/mol. The van der Waals surface area contributed by atoms with Crippen molar-refractivity contribution in [2.45, 2.75) is 39.8 Å². The minimum absolute atomic E-state index is 0.0162. The van der Waals surface area contributed by atoms with E-state index in [-0.39, 0.29) is 30.3 Å². The van der Waals surface area contributed by atoms with Crippen LogP contribution in [0.25, 0.3) is 5.57 Å². The minimum Gasteiger partial charge on any atom is -0.394 e. The van der Waals surface area contributed by atoms with Gasteiger partial charge in [-0.3, -0.25) is 9.78 Å². The Bertz CT molecular complexity index is 1120. The van der Waals surface area contributed by atoms with Crippen molar-refractivity contribution < 1.29 is 14.7 Å². The van der Waals surface area contributed by atoms with Crippen LogP contribution in [0.5, 0.6) is 0 Å². The molecule has 1 aliphatic heterocycles. The van der Waals surface area contributed by atoms with Gasteiger partial charge < -0.3 is 25.2 Å². The molecule has 1 aliphatic rings. The third-order valence-corrected chi connectivity index (χ3v) is 5.53. The first-order valence-electron chi connectivity index (χ1n) is 11.2. The van der Waals surface area contributed by atoms with Gasteiger partial charge in [-0.1, -0.05) is 18.7 Å². The first-order valence-corrected chi connectivity index (χ1v) is 11.2. The van der Waals surface area contributed by atoms with E-state index in [1.807, 2.05) is 26.8 Å². The number of hydrogen-bond acceptors (Lipinski definition) is 6. The fourth-order valence-electron chi connectivity index (χ4n) is 3.57. The second-order valence-electron chi connectivity index (χ2n) is 8.13. The van der Waals surface area contributed by atoms with E-state index in [1.165, 1.54) is 0 Å². The van der Waals surface area contributed by atoms with Gasteiger partial charge in [-0.05, 0) is 56.0 Å². The summed E-state index contributed by atoms with van der Waals surface area (Å²) in [6.07, 6.45) is 9.24. The van der Waals surface area contributed by atoms with Crippen LogP contribution in [-0.4, -0.2) is 61.4 Å². The molecule has 3 N–H and O–H groups in total. The van der Waals surface area contributed by atoms with Crippen LogP contribution in [0, 0.1) is 0 Å². The SMILES string of the molecule is C=C(/C=C\C=C(/C)c1nncn1C(C)CO)NC(=O)c1cc2c(cn1)CCN(C(=O)NCC)C2. The highest BCUT2D eigenvalue weighted by atomic mass is 16.3. The molecule has 0 saturated heterocycles. The number of aromatic nitrogens is 4. The van der Waals surface area contributed by atoms with Crippen molar-refractivity contribution in [2.24, 2.45) is 0 Å². The van der Waals surface area contributed by atoms with E-state index in [0.717, 1.165) is 16.7 Å². The Labute approximate surface area is 199 Å². The van der Waals surface area contributed by atoms with Gasteiger partial charge in [0.15, 0.2) is 5.82 Å². The summed E-state index contributed by atoms with van der Waals surface area (Å²) in [6.45, 7) is 11.1. The van der Waals surface area contributed by atoms with E-state index in [4.69, 9.17) is 0 Å². The molecule has 0 saturated carbocycles. The topological polar surface area (TPSA) is 125 Å². The summed E-state index contributed by atoms with van der Waals surface area (Å²) < 4.78 is 1.80. The molecule has 10 nitrogen and oxygen atoms in total. The number of urea groups is 1. The maximum atomic E-state index is 12.7. The summed E-state index contributed by atoms with van der Waals surface area (Å²) in [5, 5.41) is 22.9. The van der Waals surface area contributed by atoms with Gasteiger partial charge in [-0.25, -0.2) is 4.79 Å². The largest absolute Gasteiger partial charge is 0.394 e. The highest BCUT2D eigenvalue weighted by Crippen LogP contribution is 2.19. The van der Waals surface area contributed by atoms with E-state index < -0.39 is 0 Å². The van der Waals surface area contributed by atoms with Crippen LogP contribution in [0.15, 0.2) is 49.1 Å². The van der Waals surface area contributed by atoms with Crippen molar-refractivity contribution in [1.82, 2.24) is 35.3 Å². The number of pyridine rings is 1. The van der Waals surface area contributed by atoms with Gasteiger partial charge in [-0.15, -0.1) is 10.2 Å². The lowest BCUT2D eigenvalue weighted by molar-refractivity contribution is 0.0962. The summed E-state index contributed by atoms with van der Waals surface area (Å²) >= 11 is 0. The first-order chi connectivity index (χ1) is 16.3. The smallest absolute Gasteiger partial charge is 0.317 e. The van der Waals surface area contributed by atoms with E-state index in [0.29, 0.717) is 37.6 Å². The summed E-state index contributed by atoms with van der Waals surface area (Å²) in [6, 6.07) is 1.48. The van der Waals surface area contributed by atoms with Crippen molar-refractivity contribution >= 4 is 17.5 Å². The van der Waals surface area contributed by atoms with Gasteiger partial charge in [0.05, 0.1) is 12.6 Å². The van der Waals surface area contributed by atoms with Gasteiger partial charge in [-0.2, -0.15) is 0 Å². The Morgan fingerprint density at radius 1 is 1.35 bits per heavy atom. The molecule has 3 heterocycles. The summed E-state index contributed by atoms with van der Waals surface area (Å²) in [5.74, 6) is 0.283. The predicted octanol–water partition coefficient (Wildman–Crippen LogP) is 2.22.